The topological polar surface area (TPSA) is 66.5 Å². The molecule has 0 radical (unpaired) electrons. The second-order valence-corrected chi connectivity index (χ2v) is 5.89. The van der Waals surface area contributed by atoms with Crippen LogP contribution < -0.4 is 5.32 Å². The van der Waals surface area contributed by atoms with Crippen LogP contribution in [0.5, 0.6) is 0 Å². The molecule has 2 aromatic heterocycles. The number of benzene rings is 1. The van der Waals surface area contributed by atoms with Crippen LogP contribution in [0.3, 0.4) is 0 Å². The standard InChI is InChI=1S/C18H15ClFN5/c1-11-15(9-21)18(24-12(2)17(11)19)23-10-16-22-7-8-25(16)14-5-3-13(20)4-6-14/h3-8H,10H2,1-2H3,(H,23,24). The monoisotopic (exact) mass is 355 g/mol. The number of imidazole rings is 1. The van der Waals surface area contributed by atoms with Crippen LogP contribution in [-0.4, -0.2) is 14.5 Å². The number of anilines is 1. The number of nitrogens with zero attached hydrogens (tertiary/aromatic N) is 4. The van der Waals surface area contributed by atoms with E-state index in [2.05, 4.69) is 21.4 Å². The van der Waals surface area contributed by atoms with E-state index >= 15 is 0 Å². The number of rotatable bonds is 4. The number of nitriles is 1. The average Bonchev–Trinajstić information content (AvgIpc) is 3.07. The summed E-state index contributed by atoms with van der Waals surface area (Å²) < 4.78 is 14.9. The quantitative estimate of drug-likeness (QED) is 0.763. The Morgan fingerprint density at radius 2 is 2.00 bits per heavy atom. The van der Waals surface area contributed by atoms with Gasteiger partial charge in [0.2, 0.25) is 0 Å². The number of pyridine rings is 1. The van der Waals surface area contributed by atoms with Gasteiger partial charge in [-0.3, -0.25) is 0 Å². The minimum Gasteiger partial charge on any atom is -0.362 e. The largest absolute Gasteiger partial charge is 0.362 e. The number of hydrogen-bond donors (Lipinski definition) is 1. The Morgan fingerprint density at radius 1 is 1.28 bits per heavy atom. The minimum atomic E-state index is -0.293. The summed E-state index contributed by atoms with van der Waals surface area (Å²) in [6, 6.07) is 8.28. The highest BCUT2D eigenvalue weighted by Crippen LogP contribution is 2.27. The molecule has 3 rings (SSSR count). The van der Waals surface area contributed by atoms with Crippen LogP contribution in [0.4, 0.5) is 10.2 Å². The van der Waals surface area contributed by atoms with Crippen molar-refractivity contribution in [3.8, 4) is 11.8 Å². The summed E-state index contributed by atoms with van der Waals surface area (Å²) in [7, 11) is 0. The fraction of sp³-hybridized carbons (Fsp3) is 0.167. The molecule has 0 saturated heterocycles. The van der Waals surface area contributed by atoms with E-state index in [9.17, 15) is 9.65 Å². The normalized spacial score (nSPS) is 10.5. The van der Waals surface area contributed by atoms with E-state index in [-0.39, 0.29) is 5.82 Å². The third-order valence-electron chi connectivity index (χ3n) is 3.89. The van der Waals surface area contributed by atoms with Crippen LogP contribution in [0.1, 0.15) is 22.6 Å². The fourth-order valence-corrected chi connectivity index (χ4v) is 2.70. The van der Waals surface area contributed by atoms with Crippen LogP contribution in [0.25, 0.3) is 5.69 Å². The van der Waals surface area contributed by atoms with Gasteiger partial charge >= 0.3 is 0 Å². The molecule has 0 fully saturated rings. The Kier molecular flexibility index (Phi) is 4.68. The van der Waals surface area contributed by atoms with Gasteiger partial charge in [-0.15, -0.1) is 0 Å². The van der Waals surface area contributed by atoms with E-state index < -0.39 is 0 Å². The summed E-state index contributed by atoms with van der Waals surface area (Å²) in [6.07, 6.45) is 3.46. The third kappa shape index (κ3) is 3.32. The molecule has 1 N–H and O–H groups in total. The van der Waals surface area contributed by atoms with Gasteiger partial charge in [0.15, 0.2) is 0 Å². The first-order chi connectivity index (χ1) is 12.0. The van der Waals surface area contributed by atoms with Crippen LogP contribution in [0.15, 0.2) is 36.7 Å². The molecule has 0 unspecified atom stereocenters. The van der Waals surface area contributed by atoms with Gasteiger partial charge in [0, 0.05) is 18.1 Å². The molecule has 5 nitrogen and oxygen atoms in total. The van der Waals surface area contributed by atoms with E-state index in [0.29, 0.717) is 40.0 Å². The predicted molar refractivity (Wildman–Crippen MR) is 94.3 cm³/mol. The van der Waals surface area contributed by atoms with E-state index in [1.54, 1.807) is 38.4 Å². The van der Waals surface area contributed by atoms with Crippen LogP contribution in [0, 0.1) is 31.0 Å². The summed E-state index contributed by atoms with van der Waals surface area (Å²) in [6.45, 7) is 3.94. The molecule has 0 bridgehead atoms. The lowest BCUT2D eigenvalue weighted by molar-refractivity contribution is 0.627. The van der Waals surface area contributed by atoms with Crippen molar-refractivity contribution in [3.63, 3.8) is 0 Å². The number of aryl methyl sites for hydroxylation is 1. The molecular formula is C18H15ClFN5. The average molecular weight is 356 g/mol. The molecule has 126 valence electrons. The smallest absolute Gasteiger partial charge is 0.144 e. The van der Waals surface area contributed by atoms with Crippen molar-refractivity contribution in [1.82, 2.24) is 14.5 Å². The van der Waals surface area contributed by atoms with Gasteiger partial charge in [0.25, 0.3) is 0 Å². The second-order valence-electron chi connectivity index (χ2n) is 5.52. The van der Waals surface area contributed by atoms with Crippen molar-refractivity contribution in [2.75, 3.05) is 5.32 Å². The molecule has 0 aliphatic rings. The van der Waals surface area contributed by atoms with Crippen molar-refractivity contribution >= 4 is 17.4 Å². The molecule has 1 aromatic carbocycles. The highest BCUT2D eigenvalue weighted by Gasteiger charge is 2.14. The lowest BCUT2D eigenvalue weighted by Crippen LogP contribution is -2.10. The van der Waals surface area contributed by atoms with Gasteiger partial charge in [-0.25, -0.2) is 14.4 Å². The fourth-order valence-electron chi connectivity index (χ4n) is 2.56. The maximum Gasteiger partial charge on any atom is 0.144 e. The van der Waals surface area contributed by atoms with E-state index in [1.165, 1.54) is 12.1 Å². The van der Waals surface area contributed by atoms with Crippen molar-refractivity contribution in [2.45, 2.75) is 20.4 Å². The summed E-state index contributed by atoms with van der Waals surface area (Å²) in [4.78, 5) is 8.68. The van der Waals surface area contributed by atoms with Gasteiger partial charge in [-0.05, 0) is 43.7 Å². The lowest BCUT2D eigenvalue weighted by atomic mass is 10.1. The SMILES string of the molecule is Cc1nc(NCc2nccn2-c2ccc(F)cc2)c(C#N)c(C)c1Cl. The molecule has 0 aliphatic heterocycles. The molecule has 0 saturated carbocycles. The summed E-state index contributed by atoms with van der Waals surface area (Å²) in [5, 5.41) is 13.0. The van der Waals surface area contributed by atoms with Crippen molar-refractivity contribution in [2.24, 2.45) is 0 Å². The first-order valence-corrected chi connectivity index (χ1v) is 7.98. The first-order valence-electron chi connectivity index (χ1n) is 7.60. The summed E-state index contributed by atoms with van der Waals surface area (Å²) in [5.41, 5.74) is 2.56. The van der Waals surface area contributed by atoms with Crippen LogP contribution >= 0.6 is 11.6 Å². The summed E-state index contributed by atoms with van der Waals surface area (Å²) in [5.74, 6) is 0.886. The first kappa shape index (κ1) is 16.9. The van der Waals surface area contributed by atoms with Gasteiger partial charge < -0.3 is 9.88 Å². The Balaban J connectivity index is 1.88. The highest BCUT2D eigenvalue weighted by molar-refractivity contribution is 6.32. The molecule has 0 amide bonds. The molecule has 0 atom stereocenters. The van der Waals surface area contributed by atoms with Gasteiger partial charge in [0.1, 0.15) is 23.5 Å². The van der Waals surface area contributed by atoms with E-state index in [1.807, 2.05) is 4.57 Å². The second kappa shape index (κ2) is 6.91. The van der Waals surface area contributed by atoms with Crippen LogP contribution in [-0.2, 0) is 6.54 Å². The molecule has 25 heavy (non-hydrogen) atoms. The van der Waals surface area contributed by atoms with Crippen molar-refractivity contribution < 1.29 is 4.39 Å². The number of nitrogens with one attached hydrogen (secondary N) is 1. The number of halogens is 2. The Morgan fingerprint density at radius 3 is 2.68 bits per heavy atom. The van der Waals surface area contributed by atoms with Crippen LogP contribution in [0.2, 0.25) is 5.02 Å². The minimum absolute atomic E-state index is 0.293. The Hall–Kier alpha value is -2.91. The predicted octanol–water partition coefficient (Wildman–Crippen LogP) is 4.16. The van der Waals surface area contributed by atoms with Crippen molar-refractivity contribution in [1.29, 1.82) is 5.26 Å². The zero-order chi connectivity index (χ0) is 18.0. The maximum absolute atomic E-state index is 13.1. The molecule has 0 spiro atoms. The number of hydrogen-bond acceptors (Lipinski definition) is 4. The molecule has 3 aromatic rings. The van der Waals surface area contributed by atoms with Gasteiger partial charge in [-0.2, -0.15) is 5.26 Å². The third-order valence-corrected chi connectivity index (χ3v) is 4.44. The number of aromatic nitrogens is 3. The molecule has 7 heteroatoms. The van der Waals surface area contributed by atoms with E-state index in [0.717, 1.165) is 5.69 Å². The highest BCUT2D eigenvalue weighted by atomic mass is 35.5. The molecule has 0 aliphatic carbocycles. The lowest BCUT2D eigenvalue weighted by Gasteiger charge is -2.13. The Bertz CT molecular complexity index is 957. The van der Waals surface area contributed by atoms with E-state index in [4.69, 9.17) is 11.6 Å². The van der Waals surface area contributed by atoms with Crippen molar-refractivity contribution in [3.05, 3.63) is 70.1 Å². The Labute approximate surface area is 149 Å². The van der Waals surface area contributed by atoms with Gasteiger partial charge in [0.05, 0.1) is 22.8 Å². The summed E-state index contributed by atoms with van der Waals surface area (Å²) >= 11 is 6.16. The maximum atomic E-state index is 13.1. The molecular weight excluding hydrogens is 341 g/mol. The van der Waals surface area contributed by atoms with Gasteiger partial charge in [-0.1, -0.05) is 11.6 Å². The zero-order valence-corrected chi connectivity index (χ0v) is 14.5. The zero-order valence-electron chi connectivity index (χ0n) is 13.7. The molecule has 2 heterocycles.